The maximum absolute atomic E-state index is 10.6. The molecule has 1 saturated heterocycles. The second-order valence-corrected chi connectivity index (χ2v) is 4.18. The Morgan fingerprint density at radius 2 is 2.14 bits per heavy atom. The number of carboxylic acid groups (broad SMARTS) is 1. The van der Waals surface area contributed by atoms with Gasteiger partial charge in [-0.05, 0) is 25.3 Å². The molecule has 2 rings (SSSR count). The second-order valence-electron chi connectivity index (χ2n) is 4.18. The van der Waals surface area contributed by atoms with Crippen LogP contribution < -0.4 is 0 Å². The van der Waals surface area contributed by atoms with Gasteiger partial charge in [0.1, 0.15) is 0 Å². The van der Waals surface area contributed by atoms with Crippen molar-refractivity contribution in [3.63, 3.8) is 0 Å². The number of morpholine rings is 1. The van der Waals surface area contributed by atoms with E-state index in [1.165, 1.54) is 0 Å². The van der Waals surface area contributed by atoms with Crippen molar-refractivity contribution in [2.75, 3.05) is 32.8 Å². The van der Waals surface area contributed by atoms with Crippen LogP contribution in [-0.2, 0) is 9.53 Å². The Labute approximate surface area is 83.8 Å². The Morgan fingerprint density at radius 3 is 2.71 bits per heavy atom. The van der Waals surface area contributed by atoms with E-state index in [9.17, 15) is 4.79 Å². The zero-order chi connectivity index (χ0) is 9.97. The molecule has 0 aromatic carbocycles. The van der Waals surface area contributed by atoms with Crippen LogP contribution in [0.4, 0.5) is 0 Å². The summed E-state index contributed by atoms with van der Waals surface area (Å²) in [6.07, 6.45) is 1.93. The van der Waals surface area contributed by atoms with E-state index >= 15 is 0 Å². The molecule has 0 aromatic rings. The van der Waals surface area contributed by atoms with Crippen LogP contribution in [0.15, 0.2) is 0 Å². The predicted octanol–water partition coefficient (Wildman–Crippen LogP) is 0.429. The van der Waals surface area contributed by atoms with Crippen LogP contribution in [0, 0.1) is 11.8 Å². The monoisotopic (exact) mass is 199 g/mol. The zero-order valence-electron chi connectivity index (χ0n) is 8.32. The number of carbonyl (C=O) groups is 1. The minimum absolute atomic E-state index is 0.0453. The molecular weight excluding hydrogens is 182 g/mol. The third-order valence-electron chi connectivity index (χ3n) is 3.16. The lowest BCUT2D eigenvalue weighted by Crippen LogP contribution is -2.37. The number of carboxylic acids is 1. The van der Waals surface area contributed by atoms with E-state index < -0.39 is 5.97 Å². The largest absolute Gasteiger partial charge is 0.481 e. The van der Waals surface area contributed by atoms with Crippen molar-refractivity contribution in [1.29, 1.82) is 0 Å². The smallest absolute Gasteiger partial charge is 0.306 e. The first-order valence-corrected chi connectivity index (χ1v) is 5.30. The summed E-state index contributed by atoms with van der Waals surface area (Å²) >= 11 is 0. The zero-order valence-corrected chi connectivity index (χ0v) is 8.32. The van der Waals surface area contributed by atoms with Gasteiger partial charge in [-0.1, -0.05) is 0 Å². The highest BCUT2D eigenvalue weighted by Crippen LogP contribution is 2.41. The highest BCUT2D eigenvalue weighted by molar-refractivity contribution is 5.73. The molecule has 2 aliphatic rings. The molecule has 0 bridgehead atoms. The first kappa shape index (κ1) is 9.93. The normalized spacial score (nSPS) is 32.9. The first-order chi connectivity index (χ1) is 6.77. The fourth-order valence-electron chi connectivity index (χ4n) is 2.04. The van der Waals surface area contributed by atoms with Gasteiger partial charge in [-0.25, -0.2) is 0 Å². The molecule has 14 heavy (non-hydrogen) atoms. The standard InChI is InChI=1S/C10H17NO3/c12-10(13)9-7-8(9)1-2-11-3-5-14-6-4-11/h8-9H,1-7H2,(H,12,13). The van der Waals surface area contributed by atoms with Gasteiger partial charge in [0, 0.05) is 13.1 Å². The fourth-order valence-corrected chi connectivity index (χ4v) is 2.04. The van der Waals surface area contributed by atoms with E-state index in [1.807, 2.05) is 0 Å². The summed E-state index contributed by atoms with van der Waals surface area (Å²) in [6.45, 7) is 4.70. The molecule has 1 saturated carbocycles. The molecule has 80 valence electrons. The van der Waals surface area contributed by atoms with Crippen molar-refractivity contribution in [3.05, 3.63) is 0 Å². The van der Waals surface area contributed by atoms with Crippen LogP contribution in [0.5, 0.6) is 0 Å². The summed E-state index contributed by atoms with van der Waals surface area (Å²) in [5.74, 6) is -0.219. The van der Waals surface area contributed by atoms with Crippen molar-refractivity contribution in [2.24, 2.45) is 11.8 Å². The van der Waals surface area contributed by atoms with E-state index in [2.05, 4.69) is 4.90 Å². The average Bonchev–Trinajstić information content (AvgIpc) is 2.96. The Morgan fingerprint density at radius 1 is 1.43 bits per heavy atom. The third-order valence-corrected chi connectivity index (χ3v) is 3.16. The van der Waals surface area contributed by atoms with Crippen molar-refractivity contribution in [3.8, 4) is 0 Å². The van der Waals surface area contributed by atoms with Crippen molar-refractivity contribution >= 4 is 5.97 Å². The lowest BCUT2D eigenvalue weighted by molar-refractivity contribution is -0.138. The van der Waals surface area contributed by atoms with Crippen LogP contribution >= 0.6 is 0 Å². The van der Waals surface area contributed by atoms with Crippen LogP contribution in [0.3, 0.4) is 0 Å². The molecule has 0 aromatic heterocycles. The summed E-state index contributed by atoms with van der Waals surface area (Å²) in [5, 5.41) is 8.73. The SMILES string of the molecule is O=C(O)C1CC1CCN1CCOCC1. The molecule has 2 atom stereocenters. The number of aliphatic carboxylic acids is 1. The molecule has 2 unspecified atom stereocenters. The number of hydrogen-bond donors (Lipinski definition) is 1. The molecule has 1 aliphatic carbocycles. The minimum atomic E-state index is -0.614. The molecule has 2 fully saturated rings. The number of nitrogens with zero attached hydrogens (tertiary/aromatic N) is 1. The highest BCUT2D eigenvalue weighted by Gasteiger charge is 2.42. The Hall–Kier alpha value is -0.610. The molecule has 0 radical (unpaired) electrons. The van der Waals surface area contributed by atoms with Gasteiger partial charge in [0.2, 0.25) is 0 Å². The first-order valence-electron chi connectivity index (χ1n) is 5.30. The highest BCUT2D eigenvalue weighted by atomic mass is 16.5. The molecule has 4 nitrogen and oxygen atoms in total. The van der Waals surface area contributed by atoms with Crippen molar-refractivity contribution < 1.29 is 14.6 Å². The number of hydrogen-bond acceptors (Lipinski definition) is 3. The van der Waals surface area contributed by atoms with Gasteiger partial charge >= 0.3 is 5.97 Å². The average molecular weight is 199 g/mol. The second kappa shape index (κ2) is 4.28. The summed E-state index contributed by atoms with van der Waals surface area (Å²) in [6, 6.07) is 0. The predicted molar refractivity (Wildman–Crippen MR) is 51.1 cm³/mol. The minimum Gasteiger partial charge on any atom is -0.481 e. The summed E-state index contributed by atoms with van der Waals surface area (Å²) in [7, 11) is 0. The van der Waals surface area contributed by atoms with E-state index in [0.717, 1.165) is 45.7 Å². The summed E-state index contributed by atoms with van der Waals surface area (Å²) < 4.78 is 5.25. The Kier molecular flexibility index (Phi) is 3.03. The molecule has 1 heterocycles. The van der Waals surface area contributed by atoms with Gasteiger partial charge in [0.15, 0.2) is 0 Å². The van der Waals surface area contributed by atoms with Gasteiger partial charge in [0.05, 0.1) is 19.1 Å². The van der Waals surface area contributed by atoms with Crippen LogP contribution in [0.1, 0.15) is 12.8 Å². The maximum atomic E-state index is 10.6. The van der Waals surface area contributed by atoms with E-state index in [1.54, 1.807) is 0 Å². The van der Waals surface area contributed by atoms with Crippen molar-refractivity contribution in [1.82, 2.24) is 4.90 Å². The molecule has 1 aliphatic heterocycles. The van der Waals surface area contributed by atoms with Gasteiger partial charge in [0.25, 0.3) is 0 Å². The number of ether oxygens (including phenoxy) is 1. The number of rotatable bonds is 4. The lowest BCUT2D eigenvalue weighted by Gasteiger charge is -2.26. The van der Waals surface area contributed by atoms with Crippen LogP contribution in [0.2, 0.25) is 0 Å². The molecule has 4 heteroatoms. The van der Waals surface area contributed by atoms with E-state index in [-0.39, 0.29) is 5.92 Å². The van der Waals surface area contributed by atoms with Gasteiger partial charge < -0.3 is 9.84 Å². The maximum Gasteiger partial charge on any atom is 0.306 e. The van der Waals surface area contributed by atoms with Gasteiger partial charge in [-0.3, -0.25) is 9.69 Å². The van der Waals surface area contributed by atoms with Crippen LogP contribution in [-0.4, -0.2) is 48.8 Å². The van der Waals surface area contributed by atoms with E-state index in [4.69, 9.17) is 9.84 Å². The summed E-state index contributed by atoms with van der Waals surface area (Å²) in [5.41, 5.74) is 0. The van der Waals surface area contributed by atoms with Crippen LogP contribution in [0.25, 0.3) is 0 Å². The van der Waals surface area contributed by atoms with Gasteiger partial charge in [-0.2, -0.15) is 0 Å². The lowest BCUT2D eigenvalue weighted by atomic mass is 10.2. The third kappa shape index (κ3) is 2.45. The van der Waals surface area contributed by atoms with Gasteiger partial charge in [-0.15, -0.1) is 0 Å². The van der Waals surface area contributed by atoms with E-state index in [0.29, 0.717) is 5.92 Å². The Bertz CT molecular complexity index is 213. The molecule has 0 amide bonds. The Balaban J connectivity index is 1.61. The molecular formula is C10H17NO3. The topological polar surface area (TPSA) is 49.8 Å². The fraction of sp³-hybridized carbons (Fsp3) is 0.900. The summed E-state index contributed by atoms with van der Waals surface area (Å²) in [4.78, 5) is 13.0. The molecule has 0 spiro atoms. The molecule has 1 N–H and O–H groups in total. The van der Waals surface area contributed by atoms with Crippen molar-refractivity contribution in [2.45, 2.75) is 12.8 Å². The quantitative estimate of drug-likeness (QED) is 0.713.